The molecule has 4 atom stereocenters. The first kappa shape index (κ1) is 20.1. The van der Waals surface area contributed by atoms with Crippen molar-refractivity contribution in [2.24, 2.45) is 0 Å². The number of carbonyl (C=O) groups is 2. The first-order valence-electron chi connectivity index (χ1n) is 8.38. The highest BCUT2D eigenvalue weighted by molar-refractivity contribution is 5.89. The molecule has 1 aromatic carbocycles. The minimum Gasteiger partial charge on any atom is -0.388 e. The summed E-state index contributed by atoms with van der Waals surface area (Å²) in [7, 11) is 1.53. The number of anilines is 1. The largest absolute Gasteiger partial charge is 0.388 e. The van der Waals surface area contributed by atoms with Crippen molar-refractivity contribution in [1.29, 1.82) is 0 Å². The van der Waals surface area contributed by atoms with Gasteiger partial charge in [-0.05, 0) is 12.1 Å². The molecule has 144 valence electrons. The molecule has 9 nitrogen and oxygen atoms in total. The van der Waals surface area contributed by atoms with Crippen LogP contribution in [-0.4, -0.2) is 73.4 Å². The van der Waals surface area contributed by atoms with E-state index < -0.39 is 30.4 Å². The van der Waals surface area contributed by atoms with Crippen molar-refractivity contribution in [3.63, 3.8) is 0 Å². The number of para-hydroxylation sites is 1. The van der Waals surface area contributed by atoms with Crippen LogP contribution in [0.1, 0.15) is 6.42 Å². The Hall–Kier alpha value is -2.20. The zero-order valence-electron chi connectivity index (χ0n) is 14.6. The van der Waals surface area contributed by atoms with Crippen LogP contribution < -0.4 is 16.0 Å². The molecule has 0 aliphatic carbocycles. The van der Waals surface area contributed by atoms with Gasteiger partial charge in [0.2, 0.25) is 5.91 Å². The number of carbonyl (C=O) groups excluding carboxylic acids is 2. The van der Waals surface area contributed by atoms with Gasteiger partial charge in [0.15, 0.2) is 0 Å². The number of urea groups is 1. The van der Waals surface area contributed by atoms with Gasteiger partial charge in [0.25, 0.3) is 0 Å². The minimum absolute atomic E-state index is 0.00130. The van der Waals surface area contributed by atoms with Gasteiger partial charge in [-0.1, -0.05) is 18.2 Å². The van der Waals surface area contributed by atoms with E-state index in [0.29, 0.717) is 18.8 Å². The van der Waals surface area contributed by atoms with Gasteiger partial charge in [0, 0.05) is 25.9 Å². The van der Waals surface area contributed by atoms with E-state index in [1.54, 1.807) is 24.3 Å². The predicted molar refractivity (Wildman–Crippen MR) is 93.6 cm³/mol. The molecule has 0 unspecified atom stereocenters. The van der Waals surface area contributed by atoms with Crippen LogP contribution in [0, 0.1) is 0 Å². The Kier molecular flexibility index (Phi) is 7.79. The van der Waals surface area contributed by atoms with E-state index >= 15 is 0 Å². The van der Waals surface area contributed by atoms with Crippen LogP contribution in [0.3, 0.4) is 0 Å². The van der Waals surface area contributed by atoms with Gasteiger partial charge in [-0.2, -0.15) is 0 Å². The van der Waals surface area contributed by atoms with Gasteiger partial charge in [-0.25, -0.2) is 4.79 Å². The van der Waals surface area contributed by atoms with Gasteiger partial charge >= 0.3 is 6.03 Å². The van der Waals surface area contributed by atoms with E-state index in [0.717, 1.165) is 0 Å². The summed E-state index contributed by atoms with van der Waals surface area (Å²) in [5, 5.41) is 27.9. The van der Waals surface area contributed by atoms with Gasteiger partial charge in [-0.3, -0.25) is 4.79 Å². The minimum atomic E-state index is -1.20. The van der Waals surface area contributed by atoms with Gasteiger partial charge < -0.3 is 35.6 Å². The van der Waals surface area contributed by atoms with Crippen molar-refractivity contribution in [2.45, 2.75) is 30.8 Å². The monoisotopic (exact) mass is 367 g/mol. The molecule has 1 saturated heterocycles. The zero-order valence-corrected chi connectivity index (χ0v) is 14.6. The third-order valence-corrected chi connectivity index (χ3v) is 3.97. The number of rotatable bonds is 8. The Morgan fingerprint density at radius 2 is 1.81 bits per heavy atom. The number of ether oxygens (including phenoxy) is 2. The number of benzene rings is 1. The maximum Gasteiger partial charge on any atom is 0.319 e. The molecule has 5 N–H and O–H groups in total. The van der Waals surface area contributed by atoms with Crippen molar-refractivity contribution in [1.82, 2.24) is 10.6 Å². The van der Waals surface area contributed by atoms with E-state index in [-0.39, 0.29) is 18.9 Å². The van der Waals surface area contributed by atoms with Crippen LogP contribution in [-0.2, 0) is 14.3 Å². The highest BCUT2D eigenvalue weighted by Gasteiger charge is 2.43. The summed E-state index contributed by atoms with van der Waals surface area (Å²) in [6.45, 7) is 0.732. The fraction of sp³-hybridized carbons (Fsp3) is 0.529. The first-order valence-corrected chi connectivity index (χ1v) is 8.38. The molecule has 0 bridgehead atoms. The summed E-state index contributed by atoms with van der Waals surface area (Å²) in [5.74, 6) is -0.311. The van der Waals surface area contributed by atoms with Crippen LogP contribution in [0.15, 0.2) is 30.3 Å². The Labute approximate surface area is 151 Å². The van der Waals surface area contributed by atoms with Crippen LogP contribution in [0.5, 0.6) is 0 Å². The summed E-state index contributed by atoms with van der Waals surface area (Å²) >= 11 is 0. The van der Waals surface area contributed by atoms with E-state index in [9.17, 15) is 19.8 Å². The molecule has 2 rings (SSSR count). The summed E-state index contributed by atoms with van der Waals surface area (Å²) in [5.41, 5.74) is 0.628. The molecule has 9 heteroatoms. The summed E-state index contributed by atoms with van der Waals surface area (Å²) in [4.78, 5) is 23.6. The van der Waals surface area contributed by atoms with Gasteiger partial charge in [0.05, 0.1) is 19.1 Å². The fourth-order valence-corrected chi connectivity index (χ4v) is 2.60. The molecule has 1 aromatic rings. The lowest BCUT2D eigenvalue weighted by atomic mass is 10.1. The Morgan fingerprint density at radius 1 is 1.12 bits per heavy atom. The summed E-state index contributed by atoms with van der Waals surface area (Å²) < 4.78 is 10.4. The van der Waals surface area contributed by atoms with Crippen molar-refractivity contribution in [3.05, 3.63) is 30.3 Å². The third kappa shape index (κ3) is 5.95. The van der Waals surface area contributed by atoms with E-state index in [2.05, 4.69) is 16.0 Å². The van der Waals surface area contributed by atoms with E-state index in [4.69, 9.17) is 9.47 Å². The summed E-state index contributed by atoms with van der Waals surface area (Å²) in [6.07, 6.45) is -4.12. The van der Waals surface area contributed by atoms with Crippen LogP contribution in [0.4, 0.5) is 10.5 Å². The lowest BCUT2D eigenvalue weighted by Gasteiger charge is -2.15. The molecule has 1 heterocycles. The van der Waals surface area contributed by atoms with Crippen LogP contribution in [0.25, 0.3) is 0 Å². The highest BCUT2D eigenvalue weighted by Crippen LogP contribution is 2.23. The fourth-order valence-electron chi connectivity index (χ4n) is 2.60. The lowest BCUT2D eigenvalue weighted by Crippen LogP contribution is -2.41. The number of amides is 3. The maximum atomic E-state index is 11.9. The second kappa shape index (κ2) is 10.1. The van der Waals surface area contributed by atoms with E-state index in [1.807, 2.05) is 6.07 Å². The lowest BCUT2D eigenvalue weighted by molar-refractivity contribution is -0.125. The number of hydrogen-bond acceptors (Lipinski definition) is 6. The molecule has 1 fully saturated rings. The average Bonchev–Trinajstić information content (AvgIpc) is 2.89. The topological polar surface area (TPSA) is 129 Å². The molecule has 26 heavy (non-hydrogen) atoms. The molecule has 0 spiro atoms. The molecular weight excluding hydrogens is 342 g/mol. The zero-order chi connectivity index (χ0) is 18.9. The second-order valence-electron chi connectivity index (χ2n) is 5.94. The average molecular weight is 367 g/mol. The maximum absolute atomic E-state index is 11.9. The molecule has 3 amide bonds. The number of aliphatic hydroxyl groups excluding tert-OH is 2. The smallest absolute Gasteiger partial charge is 0.319 e. The number of aliphatic hydroxyl groups is 2. The highest BCUT2D eigenvalue weighted by atomic mass is 16.5. The molecule has 0 aromatic heterocycles. The summed E-state index contributed by atoms with van der Waals surface area (Å²) in [6, 6.07) is 8.43. The number of nitrogens with one attached hydrogen (secondary N) is 3. The molecular formula is C17H25N3O6. The molecule has 0 radical (unpaired) electrons. The molecule has 0 saturated carbocycles. The molecule has 1 aliphatic heterocycles. The predicted octanol–water partition coefficient (Wildman–Crippen LogP) is -0.550. The Balaban J connectivity index is 1.76. The number of methoxy groups -OCH3 is 1. The van der Waals surface area contributed by atoms with Gasteiger partial charge in [0.1, 0.15) is 18.3 Å². The van der Waals surface area contributed by atoms with Crippen molar-refractivity contribution >= 4 is 17.6 Å². The van der Waals surface area contributed by atoms with E-state index in [1.165, 1.54) is 7.11 Å². The van der Waals surface area contributed by atoms with Gasteiger partial charge in [-0.15, -0.1) is 0 Å². The van der Waals surface area contributed by atoms with Crippen LogP contribution >= 0.6 is 0 Å². The van der Waals surface area contributed by atoms with Crippen molar-refractivity contribution in [3.8, 4) is 0 Å². The van der Waals surface area contributed by atoms with Crippen molar-refractivity contribution in [2.75, 3.05) is 32.1 Å². The number of hydrogen-bond donors (Lipinski definition) is 5. The van der Waals surface area contributed by atoms with Crippen molar-refractivity contribution < 1.29 is 29.3 Å². The van der Waals surface area contributed by atoms with Crippen LogP contribution in [0.2, 0.25) is 0 Å². The third-order valence-electron chi connectivity index (χ3n) is 3.97. The normalized spacial score (nSPS) is 24.9. The quantitative estimate of drug-likeness (QED) is 0.392. The Bertz CT molecular complexity index is 585. The SMILES string of the molecule is COCCNC(=O)C[C@@H]1O[C@H](CNC(=O)Nc2ccccc2)[C@@H](O)[C@H]1O. The molecule has 1 aliphatic rings. The Morgan fingerprint density at radius 3 is 2.50 bits per heavy atom. The standard InChI is InChI=1S/C17H25N3O6/c1-25-8-7-18-14(21)9-12-15(22)16(23)13(26-12)10-19-17(24)20-11-5-3-2-4-6-11/h2-6,12-13,15-16,22-23H,7-10H2,1H3,(H,18,21)(H2,19,20,24)/t12-,13+,15-,16+/m0/s1. The second-order valence-corrected chi connectivity index (χ2v) is 5.94. The first-order chi connectivity index (χ1) is 12.5.